The van der Waals surface area contributed by atoms with Gasteiger partial charge in [0, 0.05) is 0 Å². The molecule has 0 unspecified atom stereocenters. The second-order valence-corrected chi connectivity index (χ2v) is 2.49. The van der Waals surface area contributed by atoms with Crippen LogP contribution in [0.15, 0.2) is 24.3 Å². The maximum absolute atomic E-state index is 10.3. The lowest BCUT2D eigenvalue weighted by Gasteiger charge is -2.02. The summed E-state index contributed by atoms with van der Waals surface area (Å²) < 4.78 is 4.77. The summed E-state index contributed by atoms with van der Waals surface area (Å²) >= 11 is 0. The number of rotatable bonds is 4. The Labute approximate surface area is 75.4 Å². The molecule has 0 spiro atoms. The molecule has 1 rings (SSSR count). The van der Waals surface area contributed by atoms with E-state index in [2.05, 4.69) is 0 Å². The molecular weight excluding hydrogens is 172 g/mol. The smallest absolute Gasteiger partial charge is 0.307 e. The van der Waals surface area contributed by atoms with Gasteiger partial charge in [0.15, 0.2) is 6.79 Å². The van der Waals surface area contributed by atoms with Crippen LogP contribution in [0.4, 0.5) is 0 Å². The number of carboxylic acids is 1. The first kappa shape index (κ1) is 9.54. The van der Waals surface area contributed by atoms with Gasteiger partial charge >= 0.3 is 5.97 Å². The molecule has 1 aromatic rings. The Bertz CT molecular complexity index is 278. The fourth-order valence-electron chi connectivity index (χ4n) is 0.953. The van der Waals surface area contributed by atoms with Crippen molar-refractivity contribution >= 4 is 5.97 Å². The van der Waals surface area contributed by atoms with Gasteiger partial charge in [-0.25, -0.2) is 0 Å². The van der Waals surface area contributed by atoms with Gasteiger partial charge < -0.3 is 14.9 Å². The summed E-state index contributed by atoms with van der Waals surface area (Å²) in [6.45, 7) is -0.377. The van der Waals surface area contributed by atoms with Crippen LogP contribution in [0.3, 0.4) is 0 Å². The Morgan fingerprint density at radius 3 is 2.38 bits per heavy atom. The van der Waals surface area contributed by atoms with Crippen LogP contribution in [0.25, 0.3) is 0 Å². The van der Waals surface area contributed by atoms with Crippen molar-refractivity contribution in [3.63, 3.8) is 0 Å². The van der Waals surface area contributed by atoms with Gasteiger partial charge in [-0.1, -0.05) is 12.1 Å². The van der Waals surface area contributed by atoms with Gasteiger partial charge in [-0.2, -0.15) is 0 Å². The standard InChI is InChI=1S/C9H10O4/c10-6-13-8-3-1-7(2-4-8)5-9(11)12/h1-4,10H,5-6H2,(H,11,12). The zero-order valence-electron chi connectivity index (χ0n) is 6.93. The molecule has 0 atom stereocenters. The van der Waals surface area contributed by atoms with E-state index in [0.717, 1.165) is 0 Å². The third-order valence-corrected chi connectivity index (χ3v) is 1.51. The summed E-state index contributed by atoms with van der Waals surface area (Å²) in [4.78, 5) is 10.3. The number of carbonyl (C=O) groups is 1. The zero-order valence-corrected chi connectivity index (χ0v) is 6.93. The highest BCUT2D eigenvalue weighted by atomic mass is 16.6. The molecule has 4 heteroatoms. The van der Waals surface area contributed by atoms with Crippen molar-refractivity contribution in [1.29, 1.82) is 0 Å². The molecular formula is C9H10O4. The van der Waals surface area contributed by atoms with Gasteiger partial charge in [0.25, 0.3) is 0 Å². The predicted molar refractivity (Wildman–Crippen MR) is 45.5 cm³/mol. The first-order valence-electron chi connectivity index (χ1n) is 3.77. The van der Waals surface area contributed by atoms with Crippen molar-refractivity contribution in [1.82, 2.24) is 0 Å². The molecule has 0 aliphatic rings. The zero-order chi connectivity index (χ0) is 9.68. The van der Waals surface area contributed by atoms with E-state index in [1.807, 2.05) is 0 Å². The van der Waals surface area contributed by atoms with Crippen LogP contribution in [-0.4, -0.2) is 23.0 Å². The summed E-state index contributed by atoms with van der Waals surface area (Å²) in [6, 6.07) is 6.54. The molecule has 2 N–H and O–H groups in total. The highest BCUT2D eigenvalue weighted by molar-refractivity contribution is 5.70. The average molecular weight is 182 g/mol. The maximum atomic E-state index is 10.3. The monoisotopic (exact) mass is 182 g/mol. The van der Waals surface area contributed by atoms with Crippen LogP contribution in [-0.2, 0) is 11.2 Å². The van der Waals surface area contributed by atoms with Gasteiger partial charge in [0.2, 0.25) is 0 Å². The lowest BCUT2D eigenvalue weighted by Crippen LogP contribution is -2.00. The fraction of sp³-hybridized carbons (Fsp3) is 0.222. The van der Waals surface area contributed by atoms with Crippen molar-refractivity contribution in [2.45, 2.75) is 6.42 Å². The molecule has 1 aromatic carbocycles. The number of carboxylic acid groups (broad SMARTS) is 1. The van der Waals surface area contributed by atoms with Gasteiger partial charge in [0.05, 0.1) is 6.42 Å². The normalized spacial score (nSPS) is 9.62. The lowest BCUT2D eigenvalue weighted by atomic mass is 10.1. The molecule has 0 aliphatic carbocycles. The van der Waals surface area contributed by atoms with Crippen LogP contribution in [0.2, 0.25) is 0 Å². The van der Waals surface area contributed by atoms with E-state index < -0.39 is 5.97 Å². The number of ether oxygens (including phenoxy) is 1. The summed E-state index contributed by atoms with van der Waals surface area (Å²) in [5, 5.41) is 16.9. The topological polar surface area (TPSA) is 66.8 Å². The number of aliphatic hydroxyl groups is 1. The van der Waals surface area contributed by atoms with Crippen molar-refractivity contribution < 1.29 is 19.7 Å². The van der Waals surface area contributed by atoms with E-state index in [4.69, 9.17) is 14.9 Å². The van der Waals surface area contributed by atoms with E-state index in [1.165, 1.54) is 0 Å². The van der Waals surface area contributed by atoms with E-state index in [0.29, 0.717) is 11.3 Å². The Morgan fingerprint density at radius 1 is 1.31 bits per heavy atom. The lowest BCUT2D eigenvalue weighted by molar-refractivity contribution is -0.136. The molecule has 0 aromatic heterocycles. The summed E-state index contributed by atoms with van der Waals surface area (Å²) in [5.74, 6) is -0.340. The van der Waals surface area contributed by atoms with Gasteiger partial charge in [-0.15, -0.1) is 0 Å². The second kappa shape index (κ2) is 4.47. The molecule has 13 heavy (non-hydrogen) atoms. The van der Waals surface area contributed by atoms with E-state index in [-0.39, 0.29) is 13.2 Å². The third kappa shape index (κ3) is 3.13. The van der Waals surface area contributed by atoms with E-state index in [9.17, 15) is 4.79 Å². The minimum atomic E-state index is -0.865. The van der Waals surface area contributed by atoms with E-state index >= 15 is 0 Å². The predicted octanol–water partition coefficient (Wildman–Crippen LogP) is 0.642. The van der Waals surface area contributed by atoms with Crippen LogP contribution < -0.4 is 4.74 Å². The number of benzene rings is 1. The number of hydrogen-bond acceptors (Lipinski definition) is 3. The summed E-state index contributed by atoms with van der Waals surface area (Å²) in [6.07, 6.45) is -0.000590. The highest BCUT2D eigenvalue weighted by Crippen LogP contribution is 2.11. The Balaban J connectivity index is 2.64. The van der Waals surface area contributed by atoms with Crippen molar-refractivity contribution in [2.24, 2.45) is 0 Å². The molecule has 0 radical (unpaired) electrons. The minimum Gasteiger partial charge on any atom is -0.481 e. The first-order valence-corrected chi connectivity index (χ1v) is 3.77. The quantitative estimate of drug-likeness (QED) is 0.670. The van der Waals surface area contributed by atoms with Crippen molar-refractivity contribution in [3.05, 3.63) is 29.8 Å². The molecule has 0 fully saturated rings. The Morgan fingerprint density at radius 2 is 1.92 bits per heavy atom. The molecule has 0 saturated carbocycles. The third-order valence-electron chi connectivity index (χ3n) is 1.51. The average Bonchev–Trinajstić information content (AvgIpc) is 2.08. The second-order valence-electron chi connectivity index (χ2n) is 2.49. The van der Waals surface area contributed by atoms with Crippen molar-refractivity contribution in [3.8, 4) is 5.75 Å². The van der Waals surface area contributed by atoms with E-state index in [1.54, 1.807) is 24.3 Å². The minimum absolute atomic E-state index is 0.000590. The van der Waals surface area contributed by atoms with Crippen LogP contribution >= 0.6 is 0 Å². The van der Waals surface area contributed by atoms with Crippen LogP contribution in [0.5, 0.6) is 5.75 Å². The molecule has 70 valence electrons. The van der Waals surface area contributed by atoms with Crippen LogP contribution in [0.1, 0.15) is 5.56 Å². The maximum Gasteiger partial charge on any atom is 0.307 e. The molecule has 0 saturated heterocycles. The molecule has 4 nitrogen and oxygen atoms in total. The number of hydrogen-bond donors (Lipinski definition) is 2. The Hall–Kier alpha value is -1.55. The largest absolute Gasteiger partial charge is 0.481 e. The molecule has 0 amide bonds. The highest BCUT2D eigenvalue weighted by Gasteiger charge is 1.99. The van der Waals surface area contributed by atoms with Gasteiger partial charge in [-0.3, -0.25) is 4.79 Å². The fourth-order valence-corrected chi connectivity index (χ4v) is 0.953. The Kier molecular flexibility index (Phi) is 3.28. The first-order chi connectivity index (χ1) is 6.22. The molecule has 0 bridgehead atoms. The molecule has 0 heterocycles. The number of aliphatic hydroxyl groups excluding tert-OH is 1. The van der Waals surface area contributed by atoms with Crippen molar-refractivity contribution in [2.75, 3.05) is 6.79 Å². The van der Waals surface area contributed by atoms with Gasteiger partial charge in [-0.05, 0) is 17.7 Å². The van der Waals surface area contributed by atoms with Crippen LogP contribution in [0, 0.1) is 0 Å². The van der Waals surface area contributed by atoms with Gasteiger partial charge in [0.1, 0.15) is 5.75 Å². The number of aliphatic carboxylic acids is 1. The SMILES string of the molecule is O=C(O)Cc1ccc(OCO)cc1. The summed E-state index contributed by atoms with van der Waals surface area (Å²) in [5.41, 5.74) is 0.706. The summed E-state index contributed by atoms with van der Waals surface area (Å²) in [7, 11) is 0. The molecule has 0 aliphatic heterocycles.